The summed E-state index contributed by atoms with van der Waals surface area (Å²) in [5.41, 5.74) is 1.56. The minimum atomic E-state index is -1.41. The molecule has 0 unspecified atom stereocenters. The summed E-state index contributed by atoms with van der Waals surface area (Å²) in [6.45, 7) is 0.0232. The molecule has 3 aromatic carbocycles. The van der Waals surface area contributed by atoms with E-state index in [2.05, 4.69) is 10.6 Å². The van der Waals surface area contributed by atoms with Crippen LogP contribution in [0, 0.1) is 0 Å². The molecule has 36 heavy (non-hydrogen) atoms. The monoisotopic (exact) mass is 508 g/mol. The molecule has 0 aliphatic heterocycles. The van der Waals surface area contributed by atoms with Crippen LogP contribution in [0.1, 0.15) is 17.5 Å². The van der Waals surface area contributed by atoms with E-state index in [-0.39, 0.29) is 25.2 Å². The third-order valence-corrected chi connectivity index (χ3v) is 6.72. The first-order valence-corrected chi connectivity index (χ1v) is 12.7. The number of ether oxygens (including phenoxy) is 1. The van der Waals surface area contributed by atoms with Crippen molar-refractivity contribution in [3.63, 3.8) is 0 Å². The van der Waals surface area contributed by atoms with E-state index in [0.29, 0.717) is 4.90 Å². The maximum Gasteiger partial charge on any atom is 0.408 e. The van der Waals surface area contributed by atoms with Crippen LogP contribution in [0.2, 0.25) is 0 Å². The first kappa shape index (κ1) is 26.6. The molecule has 3 atom stereocenters. The minimum absolute atomic E-state index is 0.0232. The lowest BCUT2D eigenvalue weighted by atomic mass is 10.0. The number of benzene rings is 3. The Labute approximate surface area is 212 Å². The van der Waals surface area contributed by atoms with Crippen LogP contribution >= 0.6 is 0 Å². The summed E-state index contributed by atoms with van der Waals surface area (Å²) < 4.78 is 17.7. The molecule has 3 aromatic rings. The molecule has 0 aromatic heterocycles. The van der Waals surface area contributed by atoms with E-state index in [1.807, 2.05) is 24.3 Å². The molecule has 2 amide bonds. The van der Waals surface area contributed by atoms with Gasteiger partial charge in [0.25, 0.3) is 0 Å². The number of carboxylic acids is 1. The van der Waals surface area contributed by atoms with Crippen LogP contribution in [0.5, 0.6) is 0 Å². The fourth-order valence-electron chi connectivity index (χ4n) is 3.41. The molecule has 0 fully saturated rings. The molecule has 0 saturated carbocycles. The zero-order chi connectivity index (χ0) is 25.8. The molecule has 9 heteroatoms. The second kappa shape index (κ2) is 13.8. The van der Waals surface area contributed by atoms with Crippen molar-refractivity contribution < 1.29 is 28.4 Å². The maximum absolute atomic E-state index is 13.1. The van der Waals surface area contributed by atoms with Gasteiger partial charge in [-0.1, -0.05) is 78.9 Å². The second-order valence-corrected chi connectivity index (χ2v) is 9.57. The molecule has 0 spiro atoms. The predicted octanol–water partition coefficient (Wildman–Crippen LogP) is 3.29. The van der Waals surface area contributed by atoms with E-state index >= 15 is 0 Å². The van der Waals surface area contributed by atoms with Gasteiger partial charge in [0, 0.05) is 17.1 Å². The number of carbonyl (C=O) groups excluding carboxylic acids is 2. The largest absolute Gasteiger partial charge is 0.480 e. The van der Waals surface area contributed by atoms with Gasteiger partial charge in [-0.3, -0.25) is 9.00 Å². The molecule has 0 saturated heterocycles. The van der Waals surface area contributed by atoms with Gasteiger partial charge < -0.3 is 20.5 Å². The van der Waals surface area contributed by atoms with E-state index in [4.69, 9.17) is 4.74 Å². The maximum atomic E-state index is 13.1. The Balaban J connectivity index is 1.64. The highest BCUT2D eigenvalue weighted by Gasteiger charge is 2.27. The van der Waals surface area contributed by atoms with Crippen molar-refractivity contribution in [2.75, 3.05) is 5.75 Å². The van der Waals surface area contributed by atoms with Crippen molar-refractivity contribution in [1.82, 2.24) is 10.6 Å². The number of rotatable bonds is 12. The van der Waals surface area contributed by atoms with E-state index in [9.17, 15) is 23.7 Å². The summed E-state index contributed by atoms with van der Waals surface area (Å²) in [5, 5.41) is 14.7. The number of nitrogens with one attached hydrogen (secondary N) is 2. The quantitative estimate of drug-likeness (QED) is 0.345. The third-order valence-electron chi connectivity index (χ3n) is 5.32. The van der Waals surface area contributed by atoms with Crippen molar-refractivity contribution in [2.24, 2.45) is 0 Å². The van der Waals surface area contributed by atoms with Crippen LogP contribution in [0.25, 0.3) is 0 Å². The van der Waals surface area contributed by atoms with Gasteiger partial charge in [0.1, 0.15) is 18.7 Å². The number of hydrogen-bond donors (Lipinski definition) is 3. The van der Waals surface area contributed by atoms with Crippen molar-refractivity contribution in [3.05, 3.63) is 102 Å². The first-order chi connectivity index (χ1) is 17.4. The van der Waals surface area contributed by atoms with Gasteiger partial charge in [0.2, 0.25) is 5.91 Å². The SMILES string of the molecule is O=C(N[C@H](Cc1ccccc1)C(=O)N[C@@H](CC[S@@](=O)c1ccccc1)C(=O)O)OCc1ccccc1. The third kappa shape index (κ3) is 8.66. The molecule has 8 nitrogen and oxygen atoms in total. The van der Waals surface area contributed by atoms with Crippen LogP contribution in [0.4, 0.5) is 4.79 Å². The normalized spacial score (nSPS) is 13.1. The summed E-state index contributed by atoms with van der Waals surface area (Å²) in [5.74, 6) is -1.87. The topological polar surface area (TPSA) is 122 Å². The van der Waals surface area contributed by atoms with Gasteiger partial charge in [-0.2, -0.15) is 0 Å². The van der Waals surface area contributed by atoms with Gasteiger partial charge in [-0.15, -0.1) is 0 Å². The van der Waals surface area contributed by atoms with Crippen LogP contribution in [-0.4, -0.2) is 45.1 Å². The molecule has 0 bridgehead atoms. The molecule has 3 N–H and O–H groups in total. The summed E-state index contributed by atoms with van der Waals surface area (Å²) in [7, 11) is -1.41. The number of amides is 2. The van der Waals surface area contributed by atoms with Crippen LogP contribution in [-0.2, 0) is 38.2 Å². The van der Waals surface area contributed by atoms with Crippen molar-refractivity contribution >= 4 is 28.8 Å². The van der Waals surface area contributed by atoms with Crippen LogP contribution in [0.15, 0.2) is 95.9 Å². The zero-order valence-electron chi connectivity index (χ0n) is 19.5. The van der Waals surface area contributed by atoms with E-state index in [1.54, 1.807) is 66.7 Å². The summed E-state index contributed by atoms with van der Waals surface area (Å²) >= 11 is 0. The zero-order valence-corrected chi connectivity index (χ0v) is 20.4. The average Bonchev–Trinajstić information content (AvgIpc) is 2.90. The minimum Gasteiger partial charge on any atom is -0.480 e. The van der Waals surface area contributed by atoms with Crippen LogP contribution < -0.4 is 10.6 Å². The summed E-state index contributed by atoms with van der Waals surface area (Å²) in [4.78, 5) is 37.9. The number of alkyl carbamates (subject to hydrolysis) is 1. The summed E-state index contributed by atoms with van der Waals surface area (Å²) in [6.07, 6.45) is -0.707. The predicted molar refractivity (Wildman–Crippen MR) is 136 cm³/mol. The van der Waals surface area contributed by atoms with Gasteiger partial charge in [0.15, 0.2) is 0 Å². The number of aliphatic carboxylic acids is 1. The molecule has 0 radical (unpaired) electrons. The highest BCUT2D eigenvalue weighted by atomic mass is 32.2. The lowest BCUT2D eigenvalue weighted by molar-refractivity contribution is -0.142. The smallest absolute Gasteiger partial charge is 0.408 e. The van der Waals surface area contributed by atoms with Gasteiger partial charge >= 0.3 is 12.1 Å². The van der Waals surface area contributed by atoms with E-state index < -0.39 is 40.9 Å². The standard InChI is InChI=1S/C27H28N2O6S/c30-25(28-23(26(31)32)16-17-36(34)22-14-8-3-9-15-22)24(18-20-10-4-1-5-11-20)29-27(33)35-19-21-12-6-2-7-13-21/h1-15,23-24H,16-19H2,(H,28,30)(H,29,33)(H,31,32)/t23-,24+,36+/m0/s1. The highest BCUT2D eigenvalue weighted by Crippen LogP contribution is 2.10. The molecule has 0 aliphatic carbocycles. The molecular weight excluding hydrogens is 480 g/mol. The highest BCUT2D eigenvalue weighted by molar-refractivity contribution is 7.85. The van der Waals surface area contributed by atoms with Gasteiger partial charge in [0.05, 0.1) is 10.8 Å². The van der Waals surface area contributed by atoms with E-state index in [0.717, 1.165) is 11.1 Å². The number of carboxylic acid groups (broad SMARTS) is 1. The van der Waals surface area contributed by atoms with Gasteiger partial charge in [-0.05, 0) is 29.7 Å². The van der Waals surface area contributed by atoms with E-state index in [1.165, 1.54) is 0 Å². The Morgan fingerprint density at radius 1 is 0.778 bits per heavy atom. The average molecular weight is 509 g/mol. The first-order valence-electron chi connectivity index (χ1n) is 11.4. The molecule has 0 aliphatic rings. The molecule has 0 heterocycles. The van der Waals surface area contributed by atoms with Crippen molar-refractivity contribution in [2.45, 2.75) is 36.4 Å². The molecule has 3 rings (SSSR count). The Kier molecular flexibility index (Phi) is 10.2. The van der Waals surface area contributed by atoms with Gasteiger partial charge in [-0.25, -0.2) is 9.59 Å². The number of carbonyl (C=O) groups is 3. The Hall–Kier alpha value is -3.98. The van der Waals surface area contributed by atoms with Crippen LogP contribution in [0.3, 0.4) is 0 Å². The molecular formula is C27H28N2O6S. The van der Waals surface area contributed by atoms with Crippen molar-refractivity contribution in [3.8, 4) is 0 Å². The number of hydrogen-bond acceptors (Lipinski definition) is 5. The Bertz CT molecular complexity index is 1160. The lowest BCUT2D eigenvalue weighted by Gasteiger charge is -2.21. The second-order valence-electron chi connectivity index (χ2n) is 8.00. The Morgan fingerprint density at radius 2 is 1.33 bits per heavy atom. The fourth-order valence-corrected chi connectivity index (χ4v) is 4.56. The summed E-state index contributed by atoms with van der Waals surface area (Å²) in [6, 6.07) is 24.5. The lowest BCUT2D eigenvalue weighted by Crippen LogP contribution is -2.52. The fraction of sp³-hybridized carbons (Fsp3) is 0.222. The Morgan fingerprint density at radius 3 is 1.92 bits per heavy atom. The molecule has 188 valence electrons. The van der Waals surface area contributed by atoms with Crippen molar-refractivity contribution in [1.29, 1.82) is 0 Å².